The molecule has 3 aromatic rings. The van der Waals surface area contributed by atoms with Crippen LogP contribution in [0.3, 0.4) is 0 Å². The number of imidazole rings is 1. The number of anilines is 1. The number of carbonyl (C=O) groups is 1. The van der Waals surface area contributed by atoms with E-state index in [4.69, 9.17) is 15.5 Å². The van der Waals surface area contributed by atoms with E-state index in [0.717, 1.165) is 28.8 Å². The lowest BCUT2D eigenvalue weighted by Crippen LogP contribution is -2.33. The molecule has 0 saturated carbocycles. The monoisotopic (exact) mass is 355 g/mol. The Kier molecular flexibility index (Phi) is 4.82. The SMILES string of the molecule is CCNCc1nc2c(N)nc3ccccc3c2n1CC(C)(C)OC(C)=O. The van der Waals surface area contributed by atoms with Crippen LogP contribution in [-0.2, 0) is 22.6 Å². The Morgan fingerprint density at radius 3 is 2.73 bits per heavy atom. The topological polar surface area (TPSA) is 95.1 Å². The highest BCUT2D eigenvalue weighted by molar-refractivity contribution is 6.06. The minimum atomic E-state index is -0.681. The van der Waals surface area contributed by atoms with Gasteiger partial charge in [-0.15, -0.1) is 0 Å². The summed E-state index contributed by atoms with van der Waals surface area (Å²) in [7, 11) is 0. The van der Waals surface area contributed by atoms with Crippen molar-refractivity contribution in [3.8, 4) is 0 Å². The maximum atomic E-state index is 11.5. The third kappa shape index (κ3) is 3.48. The first kappa shape index (κ1) is 18.1. The van der Waals surface area contributed by atoms with Gasteiger partial charge in [0.05, 0.1) is 24.1 Å². The number of hydrogen-bond acceptors (Lipinski definition) is 6. The van der Waals surface area contributed by atoms with E-state index >= 15 is 0 Å². The lowest BCUT2D eigenvalue weighted by atomic mass is 10.1. The maximum absolute atomic E-state index is 11.5. The fourth-order valence-corrected chi connectivity index (χ4v) is 3.25. The summed E-state index contributed by atoms with van der Waals surface area (Å²) in [5, 5.41) is 4.29. The van der Waals surface area contributed by atoms with Gasteiger partial charge in [0, 0.05) is 12.3 Å². The van der Waals surface area contributed by atoms with Gasteiger partial charge in [0.1, 0.15) is 16.9 Å². The molecule has 0 spiro atoms. The van der Waals surface area contributed by atoms with E-state index in [2.05, 4.69) is 14.9 Å². The van der Waals surface area contributed by atoms with Crippen LogP contribution in [0.2, 0.25) is 0 Å². The van der Waals surface area contributed by atoms with E-state index in [9.17, 15) is 4.79 Å². The van der Waals surface area contributed by atoms with Gasteiger partial charge < -0.3 is 20.4 Å². The molecule has 2 heterocycles. The summed E-state index contributed by atoms with van der Waals surface area (Å²) in [5.41, 5.74) is 7.92. The molecule has 0 radical (unpaired) electrons. The minimum Gasteiger partial charge on any atom is -0.458 e. The Hall–Kier alpha value is -2.67. The largest absolute Gasteiger partial charge is 0.458 e. The number of benzene rings is 1. The van der Waals surface area contributed by atoms with Gasteiger partial charge in [0.2, 0.25) is 0 Å². The van der Waals surface area contributed by atoms with Gasteiger partial charge in [-0.25, -0.2) is 9.97 Å². The summed E-state index contributed by atoms with van der Waals surface area (Å²) in [6.07, 6.45) is 0. The molecule has 0 unspecified atom stereocenters. The van der Waals surface area contributed by atoms with Crippen molar-refractivity contribution in [1.29, 1.82) is 0 Å². The normalized spacial score (nSPS) is 12.0. The van der Waals surface area contributed by atoms with Crippen molar-refractivity contribution in [2.45, 2.75) is 46.4 Å². The molecule has 2 aromatic heterocycles. The molecule has 0 atom stereocenters. The predicted molar refractivity (Wildman–Crippen MR) is 103 cm³/mol. The van der Waals surface area contributed by atoms with Gasteiger partial charge in [-0.1, -0.05) is 25.1 Å². The summed E-state index contributed by atoms with van der Waals surface area (Å²) >= 11 is 0. The number of hydrogen-bond donors (Lipinski definition) is 2. The van der Waals surface area contributed by atoms with E-state index in [1.807, 2.05) is 45.0 Å². The molecule has 3 rings (SSSR count). The van der Waals surface area contributed by atoms with Gasteiger partial charge in [-0.05, 0) is 26.5 Å². The fraction of sp³-hybridized carbons (Fsp3) is 0.421. The predicted octanol–water partition coefficient (Wildman–Crippen LogP) is 2.62. The van der Waals surface area contributed by atoms with Gasteiger partial charge >= 0.3 is 5.97 Å². The first-order valence-corrected chi connectivity index (χ1v) is 8.76. The highest BCUT2D eigenvalue weighted by Gasteiger charge is 2.26. The molecule has 0 bridgehead atoms. The second-order valence-electron chi connectivity index (χ2n) is 6.96. The van der Waals surface area contributed by atoms with Crippen LogP contribution in [-0.4, -0.2) is 32.7 Å². The number of pyridine rings is 1. The number of para-hydroxylation sites is 1. The standard InChI is InChI=1S/C19H25N5O2/c1-5-21-10-15-23-16-17(24(15)11-19(3,4)26-12(2)25)13-8-6-7-9-14(13)22-18(16)20/h6-9,21H,5,10-11H2,1-4H3,(H2,20,22). The van der Waals surface area contributed by atoms with Crippen molar-refractivity contribution in [1.82, 2.24) is 19.9 Å². The molecule has 0 amide bonds. The number of aromatic nitrogens is 3. The highest BCUT2D eigenvalue weighted by Crippen LogP contribution is 2.30. The van der Waals surface area contributed by atoms with Crippen LogP contribution >= 0.6 is 0 Å². The summed E-state index contributed by atoms with van der Waals surface area (Å²) in [4.78, 5) is 20.7. The molecule has 7 nitrogen and oxygen atoms in total. The van der Waals surface area contributed by atoms with Crippen LogP contribution in [0.1, 0.15) is 33.5 Å². The smallest absolute Gasteiger partial charge is 0.303 e. The third-order valence-electron chi connectivity index (χ3n) is 4.18. The van der Waals surface area contributed by atoms with Gasteiger partial charge in [-0.2, -0.15) is 0 Å². The van der Waals surface area contributed by atoms with Crippen molar-refractivity contribution >= 4 is 33.7 Å². The molecule has 0 aliphatic carbocycles. The average Bonchev–Trinajstić information content (AvgIpc) is 2.90. The Balaban J connectivity index is 2.24. The van der Waals surface area contributed by atoms with Crippen LogP contribution in [0.15, 0.2) is 24.3 Å². The third-order valence-corrected chi connectivity index (χ3v) is 4.18. The van der Waals surface area contributed by atoms with Crippen LogP contribution in [0.5, 0.6) is 0 Å². The molecule has 1 aromatic carbocycles. The molecular formula is C19H25N5O2. The van der Waals surface area contributed by atoms with Gasteiger partial charge in [-0.3, -0.25) is 4.79 Å². The van der Waals surface area contributed by atoms with Gasteiger partial charge in [0.15, 0.2) is 5.82 Å². The molecule has 0 fully saturated rings. The fourth-order valence-electron chi connectivity index (χ4n) is 3.25. The van der Waals surface area contributed by atoms with E-state index in [1.54, 1.807) is 0 Å². The van der Waals surface area contributed by atoms with E-state index in [0.29, 0.717) is 24.4 Å². The summed E-state index contributed by atoms with van der Waals surface area (Å²) in [6.45, 7) is 9.14. The Morgan fingerprint density at radius 2 is 2.04 bits per heavy atom. The molecule has 0 aliphatic heterocycles. The number of nitrogens with zero attached hydrogens (tertiary/aromatic N) is 3. The number of ether oxygens (including phenoxy) is 1. The zero-order valence-corrected chi connectivity index (χ0v) is 15.7. The quantitative estimate of drug-likeness (QED) is 0.660. The first-order chi connectivity index (χ1) is 12.3. The number of esters is 1. The highest BCUT2D eigenvalue weighted by atomic mass is 16.6. The summed E-state index contributed by atoms with van der Waals surface area (Å²) in [6, 6.07) is 7.85. The maximum Gasteiger partial charge on any atom is 0.303 e. The number of carbonyl (C=O) groups excluding carboxylic acids is 1. The van der Waals surface area contributed by atoms with Crippen LogP contribution in [0.25, 0.3) is 21.9 Å². The Labute approximate surface area is 152 Å². The van der Waals surface area contributed by atoms with Crippen molar-refractivity contribution in [3.63, 3.8) is 0 Å². The van der Waals surface area contributed by atoms with E-state index < -0.39 is 5.60 Å². The van der Waals surface area contributed by atoms with Crippen molar-refractivity contribution in [2.24, 2.45) is 0 Å². The molecule has 0 aliphatic rings. The molecule has 138 valence electrons. The minimum absolute atomic E-state index is 0.307. The van der Waals surface area contributed by atoms with Crippen LogP contribution in [0.4, 0.5) is 5.82 Å². The zero-order valence-electron chi connectivity index (χ0n) is 15.7. The lowest BCUT2D eigenvalue weighted by Gasteiger charge is -2.26. The second-order valence-corrected chi connectivity index (χ2v) is 6.96. The number of nitrogen functional groups attached to an aromatic ring is 1. The first-order valence-electron chi connectivity index (χ1n) is 8.76. The summed E-state index contributed by atoms with van der Waals surface area (Å²) in [5.74, 6) is 0.936. The lowest BCUT2D eigenvalue weighted by molar-refractivity contribution is -0.154. The molecule has 7 heteroatoms. The number of nitrogens with two attached hydrogens (primary N) is 1. The Bertz CT molecular complexity index is 961. The molecule has 0 saturated heterocycles. The van der Waals surface area contributed by atoms with E-state index in [-0.39, 0.29) is 5.97 Å². The zero-order chi connectivity index (χ0) is 18.9. The average molecular weight is 355 g/mol. The number of fused-ring (bicyclic) bond motifs is 3. The number of nitrogens with one attached hydrogen (secondary N) is 1. The second kappa shape index (κ2) is 6.92. The van der Waals surface area contributed by atoms with Crippen molar-refractivity contribution in [2.75, 3.05) is 12.3 Å². The van der Waals surface area contributed by atoms with Crippen LogP contribution < -0.4 is 11.1 Å². The van der Waals surface area contributed by atoms with E-state index in [1.165, 1.54) is 6.92 Å². The van der Waals surface area contributed by atoms with Crippen molar-refractivity contribution in [3.05, 3.63) is 30.1 Å². The van der Waals surface area contributed by atoms with Crippen molar-refractivity contribution < 1.29 is 9.53 Å². The Morgan fingerprint density at radius 1 is 1.31 bits per heavy atom. The van der Waals surface area contributed by atoms with Crippen LogP contribution in [0, 0.1) is 0 Å². The van der Waals surface area contributed by atoms with Gasteiger partial charge in [0.25, 0.3) is 0 Å². The molecule has 26 heavy (non-hydrogen) atoms. The molecule has 3 N–H and O–H groups in total. The number of rotatable bonds is 6. The molecular weight excluding hydrogens is 330 g/mol. The summed E-state index contributed by atoms with van der Waals surface area (Å²) < 4.78 is 7.59.